The zero-order valence-electron chi connectivity index (χ0n) is 13.2. The van der Waals surface area contributed by atoms with Gasteiger partial charge in [0.25, 0.3) is 0 Å². The molecule has 1 fully saturated rings. The Morgan fingerprint density at radius 3 is 2.70 bits per heavy atom. The Bertz CT molecular complexity index is 494. The van der Waals surface area contributed by atoms with Gasteiger partial charge in [0.05, 0.1) is 5.69 Å². The maximum absolute atomic E-state index is 12.4. The molecule has 1 aliphatic heterocycles. The van der Waals surface area contributed by atoms with E-state index < -0.39 is 0 Å². The van der Waals surface area contributed by atoms with Gasteiger partial charge in [-0.2, -0.15) is 5.10 Å². The number of hydrogen-bond donors (Lipinski definition) is 1. The first kappa shape index (κ1) is 15.0. The highest BCUT2D eigenvalue weighted by Gasteiger charge is 2.27. The molecule has 2 heterocycles. The van der Waals surface area contributed by atoms with Crippen LogP contribution >= 0.6 is 0 Å². The van der Waals surface area contributed by atoms with Crippen molar-refractivity contribution in [2.24, 2.45) is 7.05 Å². The Morgan fingerprint density at radius 1 is 1.40 bits per heavy atom. The molecule has 0 spiro atoms. The summed E-state index contributed by atoms with van der Waals surface area (Å²) in [6, 6.07) is 0.641. The molecule has 112 valence electrons. The number of aromatic nitrogens is 2. The highest BCUT2D eigenvalue weighted by atomic mass is 16.2. The van der Waals surface area contributed by atoms with E-state index in [1.54, 1.807) is 0 Å². The number of piperazine rings is 1. The number of rotatable bonds is 3. The second-order valence-electron chi connectivity index (χ2n) is 5.84. The third-order valence-electron chi connectivity index (χ3n) is 4.60. The topological polar surface area (TPSA) is 50.2 Å². The van der Waals surface area contributed by atoms with Crippen molar-refractivity contribution in [3.8, 4) is 0 Å². The minimum Gasteiger partial charge on any atom is -0.337 e. The van der Waals surface area contributed by atoms with Crippen LogP contribution in [0.25, 0.3) is 0 Å². The second-order valence-corrected chi connectivity index (χ2v) is 5.84. The van der Waals surface area contributed by atoms with E-state index in [9.17, 15) is 4.79 Å². The molecule has 2 atom stereocenters. The first-order valence-corrected chi connectivity index (χ1v) is 7.43. The lowest BCUT2D eigenvalue weighted by molar-refractivity contribution is -0.134. The minimum atomic E-state index is 0.258. The Morgan fingerprint density at radius 2 is 2.10 bits per heavy atom. The van der Waals surface area contributed by atoms with Crippen LogP contribution in [0.1, 0.15) is 37.2 Å². The van der Waals surface area contributed by atoms with Crippen molar-refractivity contribution >= 4 is 5.91 Å². The molecule has 1 aliphatic rings. The van der Waals surface area contributed by atoms with E-state index in [0.29, 0.717) is 12.5 Å². The molecule has 2 rings (SSSR count). The Hall–Kier alpha value is -1.36. The lowest BCUT2D eigenvalue weighted by atomic mass is 10.0. The summed E-state index contributed by atoms with van der Waals surface area (Å²) in [5, 5.41) is 7.81. The SMILES string of the molecule is Cc1nn(C)c(C)c1CCC(=O)N1CCNC(C)C1C. The van der Waals surface area contributed by atoms with Crippen LogP contribution in [0.5, 0.6) is 0 Å². The van der Waals surface area contributed by atoms with Crippen LogP contribution in [-0.2, 0) is 18.3 Å². The van der Waals surface area contributed by atoms with Gasteiger partial charge in [0, 0.05) is 44.3 Å². The van der Waals surface area contributed by atoms with Gasteiger partial charge in [-0.15, -0.1) is 0 Å². The third-order valence-corrected chi connectivity index (χ3v) is 4.60. The van der Waals surface area contributed by atoms with Gasteiger partial charge >= 0.3 is 0 Å². The Kier molecular flexibility index (Phi) is 4.48. The number of carbonyl (C=O) groups is 1. The second kappa shape index (κ2) is 5.95. The van der Waals surface area contributed by atoms with Gasteiger partial charge in [0.1, 0.15) is 0 Å². The molecule has 0 radical (unpaired) electrons. The average molecular weight is 278 g/mol. The van der Waals surface area contributed by atoms with E-state index >= 15 is 0 Å². The molecule has 1 amide bonds. The summed E-state index contributed by atoms with van der Waals surface area (Å²) in [4.78, 5) is 14.4. The van der Waals surface area contributed by atoms with E-state index in [0.717, 1.165) is 30.9 Å². The van der Waals surface area contributed by atoms with Crippen LogP contribution in [0.3, 0.4) is 0 Å². The van der Waals surface area contributed by atoms with Crippen LogP contribution < -0.4 is 5.32 Å². The van der Waals surface area contributed by atoms with E-state index in [1.807, 2.05) is 23.6 Å². The molecule has 0 saturated carbocycles. The van der Waals surface area contributed by atoms with Gasteiger partial charge in [-0.05, 0) is 39.7 Å². The van der Waals surface area contributed by atoms with Crippen LogP contribution in [0.2, 0.25) is 0 Å². The van der Waals surface area contributed by atoms with Crippen LogP contribution in [-0.4, -0.2) is 45.8 Å². The molecule has 20 heavy (non-hydrogen) atoms. The van der Waals surface area contributed by atoms with Crippen molar-refractivity contribution in [2.75, 3.05) is 13.1 Å². The van der Waals surface area contributed by atoms with Crippen LogP contribution in [0.15, 0.2) is 0 Å². The number of carbonyl (C=O) groups excluding carboxylic acids is 1. The predicted octanol–water partition coefficient (Wildman–Crippen LogP) is 1.18. The van der Waals surface area contributed by atoms with Crippen LogP contribution in [0.4, 0.5) is 0 Å². The van der Waals surface area contributed by atoms with Gasteiger partial charge in [-0.3, -0.25) is 9.48 Å². The van der Waals surface area contributed by atoms with E-state index in [1.165, 1.54) is 5.56 Å². The molecule has 0 aliphatic carbocycles. The van der Waals surface area contributed by atoms with Gasteiger partial charge in [0.15, 0.2) is 0 Å². The minimum absolute atomic E-state index is 0.258. The first-order chi connectivity index (χ1) is 9.41. The van der Waals surface area contributed by atoms with Crippen molar-refractivity contribution in [1.82, 2.24) is 20.0 Å². The molecule has 1 saturated heterocycles. The summed E-state index contributed by atoms with van der Waals surface area (Å²) in [6.07, 6.45) is 1.36. The standard InChI is InChI=1S/C15H26N4O/c1-10-12(3)19(9-8-16-10)15(20)7-6-14-11(2)17-18(5)13(14)4/h10,12,16H,6-9H2,1-5H3. The summed E-state index contributed by atoms with van der Waals surface area (Å²) in [7, 11) is 1.95. The lowest BCUT2D eigenvalue weighted by Gasteiger charge is -2.38. The molecule has 1 aromatic rings. The number of hydrogen-bond acceptors (Lipinski definition) is 3. The number of nitrogens with zero attached hydrogens (tertiary/aromatic N) is 3. The molecular formula is C15H26N4O. The monoisotopic (exact) mass is 278 g/mol. The molecule has 0 bridgehead atoms. The number of nitrogens with one attached hydrogen (secondary N) is 1. The van der Waals surface area contributed by atoms with Crippen molar-refractivity contribution in [3.05, 3.63) is 17.0 Å². The lowest BCUT2D eigenvalue weighted by Crippen LogP contribution is -2.57. The largest absolute Gasteiger partial charge is 0.337 e. The van der Waals surface area contributed by atoms with Gasteiger partial charge < -0.3 is 10.2 Å². The smallest absolute Gasteiger partial charge is 0.223 e. The quantitative estimate of drug-likeness (QED) is 0.903. The molecule has 1 N–H and O–H groups in total. The van der Waals surface area contributed by atoms with Crippen molar-refractivity contribution in [3.63, 3.8) is 0 Å². The maximum Gasteiger partial charge on any atom is 0.223 e. The molecule has 5 heteroatoms. The van der Waals surface area contributed by atoms with E-state index in [2.05, 4.69) is 31.2 Å². The van der Waals surface area contributed by atoms with E-state index in [-0.39, 0.29) is 11.9 Å². The van der Waals surface area contributed by atoms with Gasteiger partial charge in [-0.1, -0.05) is 0 Å². The van der Waals surface area contributed by atoms with Crippen molar-refractivity contribution in [2.45, 2.75) is 52.6 Å². The molecular weight excluding hydrogens is 252 g/mol. The highest BCUT2D eigenvalue weighted by Crippen LogP contribution is 2.16. The Balaban J connectivity index is 1.98. The van der Waals surface area contributed by atoms with Crippen molar-refractivity contribution in [1.29, 1.82) is 0 Å². The summed E-state index contributed by atoms with van der Waals surface area (Å²) < 4.78 is 1.89. The summed E-state index contributed by atoms with van der Waals surface area (Å²) in [5.41, 5.74) is 3.42. The zero-order valence-corrected chi connectivity index (χ0v) is 13.2. The van der Waals surface area contributed by atoms with Crippen molar-refractivity contribution < 1.29 is 4.79 Å². The fourth-order valence-corrected chi connectivity index (χ4v) is 2.96. The fourth-order valence-electron chi connectivity index (χ4n) is 2.96. The predicted molar refractivity (Wildman–Crippen MR) is 79.6 cm³/mol. The Labute approximate surface area is 121 Å². The molecule has 5 nitrogen and oxygen atoms in total. The number of amides is 1. The maximum atomic E-state index is 12.4. The first-order valence-electron chi connectivity index (χ1n) is 7.43. The summed E-state index contributed by atoms with van der Waals surface area (Å²) in [6.45, 7) is 10.0. The van der Waals surface area contributed by atoms with Gasteiger partial charge in [0.2, 0.25) is 5.91 Å². The normalized spacial score (nSPS) is 23.1. The highest BCUT2D eigenvalue weighted by molar-refractivity contribution is 5.77. The molecule has 0 aromatic carbocycles. The molecule has 1 aromatic heterocycles. The number of aryl methyl sites for hydroxylation is 2. The molecule has 2 unspecified atom stereocenters. The summed E-state index contributed by atoms with van der Waals surface area (Å²) >= 11 is 0. The third kappa shape index (κ3) is 2.87. The van der Waals surface area contributed by atoms with E-state index in [4.69, 9.17) is 0 Å². The van der Waals surface area contributed by atoms with Gasteiger partial charge in [-0.25, -0.2) is 0 Å². The average Bonchev–Trinajstić information content (AvgIpc) is 2.64. The zero-order chi connectivity index (χ0) is 14.9. The fraction of sp³-hybridized carbons (Fsp3) is 0.733. The summed E-state index contributed by atoms with van der Waals surface area (Å²) in [5.74, 6) is 0.258. The van der Waals surface area contributed by atoms with Crippen LogP contribution in [0, 0.1) is 13.8 Å².